The maximum atomic E-state index is 11.8. The molecule has 1 amide bonds. The van der Waals surface area contributed by atoms with Gasteiger partial charge in [0.2, 0.25) is 5.91 Å². The van der Waals surface area contributed by atoms with Gasteiger partial charge in [-0.2, -0.15) is 0 Å². The molecule has 0 saturated heterocycles. The number of hydrogen-bond donors (Lipinski definition) is 2. The van der Waals surface area contributed by atoms with Crippen molar-refractivity contribution in [2.45, 2.75) is 31.3 Å². The van der Waals surface area contributed by atoms with E-state index in [2.05, 4.69) is 26.6 Å². The van der Waals surface area contributed by atoms with Gasteiger partial charge in [0, 0.05) is 16.2 Å². The van der Waals surface area contributed by atoms with Gasteiger partial charge in [-0.1, -0.05) is 11.6 Å². The minimum Gasteiger partial charge on any atom is -0.467 e. The van der Waals surface area contributed by atoms with E-state index in [0.29, 0.717) is 15.2 Å². The van der Waals surface area contributed by atoms with Crippen LogP contribution in [0.3, 0.4) is 0 Å². The molecule has 1 fully saturated rings. The van der Waals surface area contributed by atoms with Crippen LogP contribution in [0.2, 0.25) is 5.02 Å². The van der Waals surface area contributed by atoms with Crippen LogP contribution in [0.4, 0.5) is 5.69 Å². The lowest BCUT2D eigenvalue weighted by Crippen LogP contribution is -2.37. The summed E-state index contributed by atoms with van der Waals surface area (Å²) in [5.74, 6) is -0.638. The third kappa shape index (κ3) is 4.89. The number of amides is 1. The molecule has 2 N–H and O–H groups in total. The first-order valence-corrected chi connectivity index (χ1v) is 7.75. The van der Waals surface area contributed by atoms with Gasteiger partial charge in [-0.15, -0.1) is 0 Å². The van der Waals surface area contributed by atoms with E-state index in [1.807, 2.05) is 0 Å². The first kappa shape index (κ1) is 16.1. The van der Waals surface area contributed by atoms with Crippen LogP contribution >= 0.6 is 27.5 Å². The van der Waals surface area contributed by atoms with Crippen molar-refractivity contribution in [1.82, 2.24) is 5.32 Å². The first-order chi connectivity index (χ1) is 9.99. The lowest BCUT2D eigenvalue weighted by Gasteiger charge is -2.17. The molecule has 0 radical (unpaired) electrons. The Balaban J connectivity index is 2.02. The molecule has 114 valence electrons. The molecule has 1 aliphatic carbocycles. The first-order valence-electron chi connectivity index (χ1n) is 6.58. The number of benzene rings is 1. The summed E-state index contributed by atoms with van der Waals surface area (Å²) in [6.45, 7) is 0. The number of rotatable bonds is 6. The second kappa shape index (κ2) is 7.13. The maximum absolute atomic E-state index is 11.8. The highest BCUT2D eigenvalue weighted by atomic mass is 79.9. The Labute approximate surface area is 136 Å². The lowest BCUT2D eigenvalue weighted by atomic mass is 10.1. The zero-order chi connectivity index (χ0) is 15.4. The Morgan fingerprint density at radius 3 is 2.76 bits per heavy atom. The normalized spacial score (nSPS) is 15.2. The molecule has 1 atom stereocenters. The van der Waals surface area contributed by atoms with E-state index in [9.17, 15) is 9.59 Å². The summed E-state index contributed by atoms with van der Waals surface area (Å²) in [6, 6.07) is 4.72. The van der Waals surface area contributed by atoms with Gasteiger partial charge in [-0.05, 0) is 47.0 Å². The number of esters is 1. The van der Waals surface area contributed by atoms with Crippen molar-refractivity contribution in [3.8, 4) is 0 Å². The molecule has 0 aromatic heterocycles. The molecule has 1 unspecified atom stereocenters. The molecule has 0 aliphatic heterocycles. The molecule has 7 heteroatoms. The van der Waals surface area contributed by atoms with Crippen molar-refractivity contribution in [1.29, 1.82) is 0 Å². The van der Waals surface area contributed by atoms with Crippen molar-refractivity contribution < 1.29 is 14.3 Å². The smallest absolute Gasteiger partial charge is 0.328 e. The van der Waals surface area contributed by atoms with Gasteiger partial charge in [-0.3, -0.25) is 4.79 Å². The molecule has 0 spiro atoms. The van der Waals surface area contributed by atoms with Gasteiger partial charge >= 0.3 is 5.97 Å². The zero-order valence-electron chi connectivity index (χ0n) is 11.5. The quantitative estimate of drug-likeness (QED) is 0.750. The summed E-state index contributed by atoms with van der Waals surface area (Å²) in [4.78, 5) is 23.6. The third-order valence-electron chi connectivity index (χ3n) is 3.08. The average molecular weight is 376 g/mol. The van der Waals surface area contributed by atoms with Crippen molar-refractivity contribution in [3.05, 3.63) is 27.7 Å². The molecule has 1 aliphatic rings. The van der Waals surface area contributed by atoms with Gasteiger partial charge < -0.3 is 15.4 Å². The Morgan fingerprint density at radius 2 is 2.19 bits per heavy atom. The van der Waals surface area contributed by atoms with E-state index < -0.39 is 12.0 Å². The predicted octanol–water partition coefficient (Wildman–Crippen LogP) is 2.72. The van der Waals surface area contributed by atoms with Crippen molar-refractivity contribution in [2.75, 3.05) is 12.4 Å². The molecule has 1 aromatic carbocycles. The zero-order valence-corrected chi connectivity index (χ0v) is 13.8. The van der Waals surface area contributed by atoms with Crippen LogP contribution in [-0.4, -0.2) is 31.1 Å². The van der Waals surface area contributed by atoms with E-state index in [0.717, 1.165) is 12.8 Å². The molecule has 0 heterocycles. The number of halogens is 2. The Hall–Kier alpha value is -1.27. The number of carbonyl (C=O) groups excluding carboxylic acids is 2. The fourth-order valence-electron chi connectivity index (χ4n) is 1.82. The molecule has 21 heavy (non-hydrogen) atoms. The fourth-order valence-corrected chi connectivity index (χ4v) is 2.32. The van der Waals surface area contributed by atoms with Crippen LogP contribution in [0.1, 0.15) is 19.3 Å². The lowest BCUT2D eigenvalue weighted by molar-refractivity contribution is -0.143. The van der Waals surface area contributed by atoms with Crippen LogP contribution in [0.25, 0.3) is 0 Å². The summed E-state index contributed by atoms with van der Waals surface area (Å²) in [7, 11) is 1.30. The SMILES string of the molecule is COC(=O)C(CC(=O)NC1CC1)Nc1ccc(Cl)c(Br)c1. The van der Waals surface area contributed by atoms with Gasteiger partial charge in [-0.25, -0.2) is 4.79 Å². The van der Waals surface area contributed by atoms with Crippen molar-refractivity contribution >= 4 is 45.1 Å². The predicted molar refractivity (Wildman–Crippen MR) is 84.4 cm³/mol. The standard InChI is InChI=1S/C14H16BrClN2O3/c1-21-14(20)12(7-13(19)18-8-2-3-8)17-9-4-5-11(16)10(15)6-9/h4-6,8,12,17H,2-3,7H2,1H3,(H,18,19). The van der Waals surface area contributed by atoms with Gasteiger partial charge in [0.1, 0.15) is 6.04 Å². The van der Waals surface area contributed by atoms with E-state index in [1.54, 1.807) is 18.2 Å². The topological polar surface area (TPSA) is 67.4 Å². The van der Waals surface area contributed by atoms with Crippen LogP contribution in [-0.2, 0) is 14.3 Å². The highest BCUT2D eigenvalue weighted by Gasteiger charge is 2.27. The van der Waals surface area contributed by atoms with Crippen molar-refractivity contribution in [3.63, 3.8) is 0 Å². The number of ether oxygens (including phenoxy) is 1. The minimum atomic E-state index is -0.734. The van der Waals surface area contributed by atoms with E-state index >= 15 is 0 Å². The monoisotopic (exact) mass is 374 g/mol. The number of methoxy groups -OCH3 is 1. The Bertz CT molecular complexity index is 549. The second-order valence-electron chi connectivity index (χ2n) is 4.89. The minimum absolute atomic E-state index is 0.0312. The Morgan fingerprint density at radius 1 is 1.48 bits per heavy atom. The van der Waals surface area contributed by atoms with E-state index in [1.165, 1.54) is 7.11 Å². The van der Waals surface area contributed by atoms with E-state index in [-0.39, 0.29) is 18.4 Å². The maximum Gasteiger partial charge on any atom is 0.328 e. The molecule has 5 nitrogen and oxygen atoms in total. The van der Waals surface area contributed by atoms with Gasteiger partial charge in [0.05, 0.1) is 18.6 Å². The molecule has 1 aromatic rings. The summed E-state index contributed by atoms with van der Waals surface area (Å²) in [6.07, 6.45) is 2.04. The van der Waals surface area contributed by atoms with Crippen LogP contribution in [0, 0.1) is 0 Å². The highest BCUT2D eigenvalue weighted by Crippen LogP contribution is 2.26. The van der Waals surface area contributed by atoms with Crippen molar-refractivity contribution in [2.24, 2.45) is 0 Å². The molecule has 2 rings (SSSR count). The fraction of sp³-hybridized carbons (Fsp3) is 0.429. The van der Waals surface area contributed by atoms with Gasteiger partial charge in [0.15, 0.2) is 0 Å². The third-order valence-corrected chi connectivity index (χ3v) is 4.29. The summed E-state index contributed by atoms with van der Waals surface area (Å²) < 4.78 is 5.45. The highest BCUT2D eigenvalue weighted by molar-refractivity contribution is 9.10. The molecular formula is C14H16BrClN2O3. The van der Waals surface area contributed by atoms with E-state index in [4.69, 9.17) is 16.3 Å². The van der Waals surface area contributed by atoms with Crippen LogP contribution in [0.5, 0.6) is 0 Å². The average Bonchev–Trinajstić information content (AvgIpc) is 3.25. The molecule has 0 bridgehead atoms. The number of hydrogen-bond acceptors (Lipinski definition) is 4. The summed E-state index contributed by atoms with van der Waals surface area (Å²) >= 11 is 9.24. The number of carbonyl (C=O) groups is 2. The summed E-state index contributed by atoms with van der Waals surface area (Å²) in [5, 5.41) is 6.42. The molecular weight excluding hydrogens is 360 g/mol. The van der Waals surface area contributed by atoms with Crippen LogP contribution in [0.15, 0.2) is 22.7 Å². The number of nitrogens with one attached hydrogen (secondary N) is 2. The number of anilines is 1. The van der Waals surface area contributed by atoms with Crippen LogP contribution < -0.4 is 10.6 Å². The second-order valence-corrected chi connectivity index (χ2v) is 6.16. The summed E-state index contributed by atoms with van der Waals surface area (Å²) in [5.41, 5.74) is 0.681. The molecule has 1 saturated carbocycles. The largest absolute Gasteiger partial charge is 0.467 e. The van der Waals surface area contributed by atoms with Gasteiger partial charge in [0.25, 0.3) is 0 Å². The Kier molecular flexibility index (Phi) is 5.47.